The second kappa shape index (κ2) is 5.61. The average Bonchev–Trinajstić information content (AvgIpc) is 2.37. The minimum atomic E-state index is -0.587. The molecular weight excluding hydrogens is 259 g/mol. The maximum atomic E-state index is 13.0. The van der Waals surface area contributed by atoms with Crippen molar-refractivity contribution in [2.75, 3.05) is 5.73 Å². The molecule has 0 saturated carbocycles. The predicted octanol–water partition coefficient (Wildman–Crippen LogP) is 2.39. The first-order valence-corrected chi connectivity index (χ1v) is 6.04. The molecule has 0 fully saturated rings. The van der Waals surface area contributed by atoms with Crippen molar-refractivity contribution in [3.63, 3.8) is 0 Å². The minimum Gasteiger partial charge on any atom is -0.488 e. The quantitative estimate of drug-likeness (QED) is 0.840. The van der Waals surface area contributed by atoms with Crippen molar-refractivity contribution >= 4 is 11.6 Å². The van der Waals surface area contributed by atoms with Gasteiger partial charge in [0.25, 0.3) is 5.91 Å². The van der Waals surface area contributed by atoms with Gasteiger partial charge in [-0.1, -0.05) is 6.07 Å². The summed E-state index contributed by atoms with van der Waals surface area (Å²) in [5, 5.41) is 0. The summed E-state index contributed by atoms with van der Waals surface area (Å²) in [4.78, 5) is 11.3. The van der Waals surface area contributed by atoms with Crippen LogP contribution in [0.3, 0.4) is 0 Å². The number of nitrogens with two attached hydrogens (primary N) is 2. The normalized spacial score (nSPS) is 10.3. The van der Waals surface area contributed by atoms with Crippen molar-refractivity contribution in [2.45, 2.75) is 13.5 Å². The molecule has 0 spiro atoms. The maximum Gasteiger partial charge on any atom is 0.252 e. The Hall–Kier alpha value is -2.56. The Labute approximate surface area is 116 Å². The summed E-state index contributed by atoms with van der Waals surface area (Å²) in [6, 6.07) is 9.06. The molecule has 0 aliphatic heterocycles. The van der Waals surface area contributed by atoms with E-state index in [1.165, 1.54) is 18.2 Å². The number of hydrogen-bond acceptors (Lipinski definition) is 3. The first-order chi connectivity index (χ1) is 9.47. The highest BCUT2D eigenvalue weighted by Gasteiger charge is 2.10. The first-order valence-electron chi connectivity index (χ1n) is 6.04. The molecule has 0 atom stereocenters. The van der Waals surface area contributed by atoms with Crippen molar-refractivity contribution in [3.05, 3.63) is 58.9 Å². The lowest BCUT2D eigenvalue weighted by Gasteiger charge is -2.12. The number of aryl methyl sites for hydroxylation is 1. The highest BCUT2D eigenvalue weighted by Crippen LogP contribution is 2.23. The lowest BCUT2D eigenvalue weighted by atomic mass is 10.1. The molecule has 2 aromatic carbocycles. The standard InChI is InChI=1S/C15H15FN2O2/c1-9-6-11(16)3-2-10(9)8-20-14-7-12(17)4-5-13(14)15(18)19/h2-7H,8,17H2,1H3,(H2,18,19). The summed E-state index contributed by atoms with van der Waals surface area (Å²) in [5.41, 5.74) is 13.3. The van der Waals surface area contributed by atoms with Crippen molar-refractivity contribution in [1.29, 1.82) is 0 Å². The average molecular weight is 274 g/mol. The van der Waals surface area contributed by atoms with Gasteiger partial charge < -0.3 is 16.2 Å². The van der Waals surface area contributed by atoms with Gasteiger partial charge in [0.1, 0.15) is 18.2 Å². The second-order valence-corrected chi connectivity index (χ2v) is 4.48. The molecule has 1 amide bonds. The fourth-order valence-electron chi connectivity index (χ4n) is 1.84. The van der Waals surface area contributed by atoms with Crippen molar-refractivity contribution in [1.82, 2.24) is 0 Å². The van der Waals surface area contributed by atoms with Crippen LogP contribution in [-0.4, -0.2) is 5.91 Å². The Bertz CT molecular complexity index is 656. The SMILES string of the molecule is Cc1cc(F)ccc1COc1cc(N)ccc1C(N)=O. The molecule has 2 rings (SSSR count). The molecule has 4 nitrogen and oxygen atoms in total. The Kier molecular flexibility index (Phi) is 3.89. The smallest absolute Gasteiger partial charge is 0.252 e. The number of anilines is 1. The summed E-state index contributed by atoms with van der Waals surface area (Å²) < 4.78 is 18.6. The number of amides is 1. The van der Waals surface area contributed by atoms with Crippen LogP contribution in [-0.2, 0) is 6.61 Å². The van der Waals surface area contributed by atoms with E-state index in [-0.39, 0.29) is 18.0 Å². The number of hydrogen-bond donors (Lipinski definition) is 2. The zero-order chi connectivity index (χ0) is 14.7. The van der Waals surface area contributed by atoms with Gasteiger partial charge in [-0.05, 0) is 42.3 Å². The molecule has 20 heavy (non-hydrogen) atoms. The van der Waals surface area contributed by atoms with Crippen molar-refractivity contribution < 1.29 is 13.9 Å². The van der Waals surface area contributed by atoms with E-state index in [1.807, 2.05) is 0 Å². The van der Waals surface area contributed by atoms with Gasteiger partial charge in [0, 0.05) is 11.8 Å². The molecule has 5 heteroatoms. The Balaban J connectivity index is 2.22. The van der Waals surface area contributed by atoms with Crippen LogP contribution in [0.2, 0.25) is 0 Å². The third-order valence-electron chi connectivity index (χ3n) is 2.96. The van der Waals surface area contributed by atoms with Crippen LogP contribution >= 0.6 is 0 Å². The number of carbonyl (C=O) groups is 1. The largest absolute Gasteiger partial charge is 0.488 e. The Morgan fingerprint density at radius 1 is 1.25 bits per heavy atom. The van der Waals surface area contributed by atoms with Gasteiger partial charge >= 0.3 is 0 Å². The van der Waals surface area contributed by atoms with Crippen LogP contribution in [0, 0.1) is 12.7 Å². The number of ether oxygens (including phenoxy) is 1. The van der Waals surface area contributed by atoms with Crippen LogP contribution in [0.5, 0.6) is 5.75 Å². The third kappa shape index (κ3) is 3.06. The van der Waals surface area contributed by atoms with Crippen LogP contribution in [0.4, 0.5) is 10.1 Å². The molecule has 2 aromatic rings. The molecule has 0 aromatic heterocycles. The Morgan fingerprint density at radius 2 is 2.00 bits per heavy atom. The fourth-order valence-corrected chi connectivity index (χ4v) is 1.84. The Morgan fingerprint density at radius 3 is 2.65 bits per heavy atom. The van der Waals surface area contributed by atoms with Gasteiger partial charge in [-0.2, -0.15) is 0 Å². The molecule has 0 unspecified atom stereocenters. The van der Waals surface area contributed by atoms with Gasteiger partial charge in [0.2, 0.25) is 0 Å². The molecule has 104 valence electrons. The van der Waals surface area contributed by atoms with Crippen molar-refractivity contribution in [2.24, 2.45) is 5.73 Å². The zero-order valence-corrected chi connectivity index (χ0v) is 11.0. The van der Waals surface area contributed by atoms with E-state index in [0.717, 1.165) is 11.1 Å². The summed E-state index contributed by atoms with van der Waals surface area (Å²) in [7, 11) is 0. The number of benzene rings is 2. The molecule has 0 aliphatic carbocycles. The second-order valence-electron chi connectivity index (χ2n) is 4.48. The minimum absolute atomic E-state index is 0.204. The van der Waals surface area contributed by atoms with E-state index in [2.05, 4.69) is 0 Å². The number of halogens is 1. The van der Waals surface area contributed by atoms with Gasteiger partial charge in [0.15, 0.2) is 0 Å². The molecule has 0 bridgehead atoms. The summed E-state index contributed by atoms with van der Waals surface area (Å²) in [5.74, 6) is -0.565. The van der Waals surface area contributed by atoms with E-state index in [0.29, 0.717) is 11.4 Å². The lowest BCUT2D eigenvalue weighted by molar-refractivity contribution is 0.0996. The van der Waals surface area contributed by atoms with Crippen molar-refractivity contribution in [3.8, 4) is 5.75 Å². The van der Waals surface area contributed by atoms with E-state index >= 15 is 0 Å². The van der Waals surface area contributed by atoms with Crippen LogP contribution < -0.4 is 16.2 Å². The number of primary amides is 1. The summed E-state index contributed by atoms with van der Waals surface area (Å²) in [6.07, 6.45) is 0. The van der Waals surface area contributed by atoms with Gasteiger partial charge in [-0.25, -0.2) is 4.39 Å². The van der Waals surface area contributed by atoms with E-state index in [9.17, 15) is 9.18 Å². The number of carbonyl (C=O) groups excluding carboxylic acids is 1. The van der Waals surface area contributed by atoms with Gasteiger partial charge in [0.05, 0.1) is 5.56 Å². The van der Waals surface area contributed by atoms with Crippen LogP contribution in [0.15, 0.2) is 36.4 Å². The fraction of sp³-hybridized carbons (Fsp3) is 0.133. The lowest BCUT2D eigenvalue weighted by Crippen LogP contribution is -2.13. The molecule has 4 N–H and O–H groups in total. The van der Waals surface area contributed by atoms with E-state index < -0.39 is 5.91 Å². The zero-order valence-electron chi connectivity index (χ0n) is 11.0. The summed E-state index contributed by atoms with van der Waals surface area (Å²) in [6.45, 7) is 1.99. The number of rotatable bonds is 4. The van der Waals surface area contributed by atoms with Gasteiger partial charge in [-0.15, -0.1) is 0 Å². The summed E-state index contributed by atoms with van der Waals surface area (Å²) >= 11 is 0. The molecule has 0 aliphatic rings. The number of nitrogen functional groups attached to an aromatic ring is 1. The molecule has 0 radical (unpaired) electrons. The van der Waals surface area contributed by atoms with Gasteiger partial charge in [-0.3, -0.25) is 4.79 Å². The molecule has 0 saturated heterocycles. The monoisotopic (exact) mass is 274 g/mol. The third-order valence-corrected chi connectivity index (χ3v) is 2.96. The molecule has 0 heterocycles. The first kappa shape index (κ1) is 13.9. The topological polar surface area (TPSA) is 78.3 Å². The van der Waals surface area contributed by atoms with E-state index in [1.54, 1.807) is 25.1 Å². The van der Waals surface area contributed by atoms with Crippen LogP contribution in [0.1, 0.15) is 21.5 Å². The highest BCUT2D eigenvalue weighted by molar-refractivity contribution is 5.96. The highest BCUT2D eigenvalue weighted by atomic mass is 19.1. The maximum absolute atomic E-state index is 13.0. The van der Waals surface area contributed by atoms with E-state index in [4.69, 9.17) is 16.2 Å². The molecular formula is C15H15FN2O2. The predicted molar refractivity (Wildman–Crippen MR) is 74.8 cm³/mol. The van der Waals surface area contributed by atoms with Crippen LogP contribution in [0.25, 0.3) is 0 Å².